The molecule has 0 saturated heterocycles. The molecular formula is C32H48O6. The Balaban J connectivity index is 2.55. The minimum Gasteiger partial charge on any atom is -0.493 e. The molecule has 38 heavy (non-hydrogen) atoms. The molecule has 0 spiro atoms. The van der Waals surface area contributed by atoms with Crippen molar-refractivity contribution in [1.29, 1.82) is 0 Å². The van der Waals surface area contributed by atoms with Gasteiger partial charge in [0.25, 0.3) is 0 Å². The van der Waals surface area contributed by atoms with Crippen molar-refractivity contribution in [3.8, 4) is 28.7 Å². The van der Waals surface area contributed by atoms with Crippen LogP contribution in [-0.4, -0.2) is 38.8 Å². The second-order valence-corrected chi connectivity index (χ2v) is 9.37. The van der Waals surface area contributed by atoms with E-state index in [9.17, 15) is 4.79 Å². The van der Waals surface area contributed by atoms with Crippen LogP contribution < -0.4 is 23.7 Å². The second kappa shape index (κ2) is 17.6. The summed E-state index contributed by atoms with van der Waals surface area (Å²) in [7, 11) is 0. The van der Waals surface area contributed by atoms with Gasteiger partial charge in [0.05, 0.1) is 33.0 Å². The fourth-order valence-corrected chi connectivity index (χ4v) is 3.96. The molecule has 2 rings (SSSR count). The number of hydrogen-bond acceptors (Lipinski definition) is 6. The Morgan fingerprint density at radius 1 is 0.605 bits per heavy atom. The van der Waals surface area contributed by atoms with E-state index in [1.54, 1.807) is 0 Å². The summed E-state index contributed by atoms with van der Waals surface area (Å²) in [5, 5.41) is 0. The van der Waals surface area contributed by atoms with Crippen LogP contribution in [0.4, 0.5) is 0 Å². The van der Waals surface area contributed by atoms with Crippen LogP contribution >= 0.6 is 0 Å². The van der Waals surface area contributed by atoms with Crippen molar-refractivity contribution in [3.05, 3.63) is 41.0 Å². The van der Waals surface area contributed by atoms with E-state index in [0.717, 1.165) is 49.8 Å². The molecule has 2 aromatic carbocycles. The fraction of sp³-hybridized carbons (Fsp3) is 0.594. The molecule has 212 valence electrons. The van der Waals surface area contributed by atoms with Gasteiger partial charge in [-0.15, -0.1) is 0 Å². The minimum atomic E-state index is -0.0613. The van der Waals surface area contributed by atoms with E-state index in [-0.39, 0.29) is 12.2 Å². The lowest BCUT2D eigenvalue weighted by atomic mass is 9.98. The van der Waals surface area contributed by atoms with Gasteiger partial charge in [-0.25, -0.2) is 0 Å². The van der Waals surface area contributed by atoms with Gasteiger partial charge < -0.3 is 23.7 Å². The summed E-state index contributed by atoms with van der Waals surface area (Å²) < 4.78 is 30.5. The van der Waals surface area contributed by atoms with Crippen LogP contribution in [0.15, 0.2) is 24.3 Å². The summed E-state index contributed by atoms with van der Waals surface area (Å²) in [6.07, 6.45) is 5.98. The quantitative estimate of drug-likeness (QED) is 0.162. The maximum absolute atomic E-state index is 14.0. The number of Topliss-reactive ketones (excluding diaryl/α,β-unsaturated/α-hetero) is 1. The van der Waals surface area contributed by atoms with Crippen LogP contribution in [0.2, 0.25) is 0 Å². The highest BCUT2D eigenvalue weighted by molar-refractivity contribution is 6.03. The van der Waals surface area contributed by atoms with Crippen molar-refractivity contribution in [3.63, 3.8) is 0 Å². The first kappa shape index (κ1) is 31.3. The lowest BCUT2D eigenvalue weighted by Crippen LogP contribution is -2.13. The van der Waals surface area contributed by atoms with Gasteiger partial charge in [-0.05, 0) is 62.1 Å². The van der Waals surface area contributed by atoms with E-state index < -0.39 is 0 Å². The molecule has 6 heteroatoms. The van der Waals surface area contributed by atoms with Crippen molar-refractivity contribution in [1.82, 2.24) is 0 Å². The summed E-state index contributed by atoms with van der Waals surface area (Å²) in [5.41, 5.74) is 2.67. The molecule has 0 heterocycles. The predicted molar refractivity (Wildman–Crippen MR) is 154 cm³/mol. The Bertz CT molecular complexity index is 946. The van der Waals surface area contributed by atoms with Crippen LogP contribution in [0.3, 0.4) is 0 Å². The highest BCUT2D eigenvalue weighted by Crippen LogP contribution is 2.46. The topological polar surface area (TPSA) is 63.2 Å². The van der Waals surface area contributed by atoms with Crippen LogP contribution in [0.1, 0.15) is 102 Å². The Morgan fingerprint density at radius 2 is 1.08 bits per heavy atom. The molecule has 0 N–H and O–H groups in total. The number of rotatable bonds is 20. The monoisotopic (exact) mass is 528 g/mol. The van der Waals surface area contributed by atoms with Gasteiger partial charge in [-0.3, -0.25) is 4.79 Å². The zero-order valence-corrected chi connectivity index (χ0v) is 24.5. The van der Waals surface area contributed by atoms with Crippen LogP contribution in [-0.2, 0) is 12.8 Å². The van der Waals surface area contributed by atoms with E-state index in [0.29, 0.717) is 68.0 Å². The molecule has 0 saturated carbocycles. The largest absolute Gasteiger partial charge is 0.493 e. The maximum atomic E-state index is 14.0. The molecule has 0 aliphatic rings. The van der Waals surface area contributed by atoms with Crippen LogP contribution in [0.25, 0.3) is 0 Å². The molecule has 0 radical (unpaired) electrons. The second-order valence-electron chi connectivity index (χ2n) is 9.37. The molecule has 0 unspecified atom stereocenters. The van der Waals surface area contributed by atoms with Crippen molar-refractivity contribution in [2.75, 3.05) is 33.0 Å². The molecule has 0 atom stereocenters. The Kier molecular flexibility index (Phi) is 14.5. The molecule has 0 fully saturated rings. The van der Waals surface area contributed by atoms with Crippen LogP contribution in [0, 0.1) is 0 Å². The molecule has 0 amide bonds. The SMILES string of the molecule is CCCOc1ccc(CC)cc1CCC(=O)c1c(OCCC)c(OCCC)cc(OCCC)c1OCCC. The van der Waals surface area contributed by atoms with E-state index in [2.05, 4.69) is 39.8 Å². The molecule has 0 aromatic heterocycles. The fourth-order valence-electron chi connectivity index (χ4n) is 3.96. The van der Waals surface area contributed by atoms with E-state index in [1.807, 2.05) is 26.0 Å². The number of ether oxygens (including phenoxy) is 5. The van der Waals surface area contributed by atoms with Crippen molar-refractivity contribution in [2.24, 2.45) is 0 Å². The van der Waals surface area contributed by atoms with Crippen molar-refractivity contribution >= 4 is 5.78 Å². The van der Waals surface area contributed by atoms with Gasteiger partial charge in [-0.1, -0.05) is 53.7 Å². The molecule has 0 aliphatic heterocycles. The standard InChI is InChI=1S/C32H48O6/c1-7-17-34-27-16-13-24(12-6)22-25(27)14-15-26(33)30-31(37-20-10-4)28(35-18-8-2)23-29(36-19-9-3)32(30)38-21-11-5/h13,16,22-23H,7-12,14-15,17-21H2,1-6H3. The van der Waals surface area contributed by atoms with Crippen molar-refractivity contribution < 1.29 is 28.5 Å². The molecular weight excluding hydrogens is 480 g/mol. The first-order chi connectivity index (χ1) is 18.5. The minimum absolute atomic E-state index is 0.0613. The van der Waals surface area contributed by atoms with Gasteiger partial charge >= 0.3 is 0 Å². The van der Waals surface area contributed by atoms with Gasteiger partial charge in [0.15, 0.2) is 28.8 Å². The Morgan fingerprint density at radius 3 is 1.55 bits per heavy atom. The average Bonchev–Trinajstić information content (AvgIpc) is 2.94. The Labute approximate surface area is 230 Å². The summed E-state index contributed by atoms with van der Waals surface area (Å²) in [6, 6.07) is 8.09. The van der Waals surface area contributed by atoms with E-state index >= 15 is 0 Å². The third-order valence-electron chi connectivity index (χ3n) is 5.88. The number of hydrogen-bond donors (Lipinski definition) is 0. The van der Waals surface area contributed by atoms with Crippen molar-refractivity contribution in [2.45, 2.75) is 92.9 Å². The number of carbonyl (C=O) groups is 1. The maximum Gasteiger partial charge on any atom is 0.176 e. The zero-order chi connectivity index (χ0) is 27.8. The highest BCUT2D eigenvalue weighted by atomic mass is 16.5. The first-order valence-electron chi connectivity index (χ1n) is 14.5. The van der Waals surface area contributed by atoms with Gasteiger partial charge in [0, 0.05) is 12.5 Å². The molecule has 6 nitrogen and oxygen atoms in total. The van der Waals surface area contributed by atoms with E-state index in [1.165, 1.54) is 5.56 Å². The average molecular weight is 529 g/mol. The third-order valence-corrected chi connectivity index (χ3v) is 5.88. The molecule has 0 aliphatic carbocycles. The van der Waals surface area contributed by atoms with E-state index in [4.69, 9.17) is 23.7 Å². The summed E-state index contributed by atoms with van der Waals surface area (Å²) >= 11 is 0. The van der Waals surface area contributed by atoms with Gasteiger partial charge in [-0.2, -0.15) is 0 Å². The number of benzene rings is 2. The lowest BCUT2D eigenvalue weighted by molar-refractivity contribution is 0.0971. The third kappa shape index (κ3) is 9.14. The molecule has 2 aromatic rings. The summed E-state index contributed by atoms with van der Waals surface area (Å²) in [4.78, 5) is 14.0. The smallest absolute Gasteiger partial charge is 0.176 e. The summed E-state index contributed by atoms with van der Waals surface area (Å²) in [5.74, 6) is 2.73. The number of aryl methyl sites for hydroxylation is 2. The number of ketones is 1. The zero-order valence-electron chi connectivity index (χ0n) is 24.5. The van der Waals surface area contributed by atoms with Crippen LogP contribution in [0.5, 0.6) is 28.7 Å². The Hall–Kier alpha value is -2.89. The van der Waals surface area contributed by atoms with Gasteiger partial charge in [0.1, 0.15) is 11.3 Å². The highest BCUT2D eigenvalue weighted by Gasteiger charge is 2.28. The predicted octanol–water partition coefficient (Wildman–Crippen LogP) is 8.01. The lowest BCUT2D eigenvalue weighted by Gasteiger charge is -2.22. The van der Waals surface area contributed by atoms with Gasteiger partial charge in [0.2, 0.25) is 0 Å². The normalized spacial score (nSPS) is 10.8. The summed E-state index contributed by atoms with van der Waals surface area (Å²) in [6.45, 7) is 15.0. The molecule has 0 bridgehead atoms. The first-order valence-corrected chi connectivity index (χ1v) is 14.5. The number of carbonyl (C=O) groups excluding carboxylic acids is 1.